The van der Waals surface area contributed by atoms with Gasteiger partial charge in [-0.2, -0.15) is 20.7 Å². The highest BCUT2D eigenvalue weighted by Gasteiger charge is 2.30. The minimum Gasteiger partial charge on any atom is -0.363 e. The number of hydrogen-bond acceptors (Lipinski definition) is 16. The fraction of sp³-hybridized carbons (Fsp3) is 0.415. The molecule has 4 saturated heterocycles. The van der Waals surface area contributed by atoms with Crippen LogP contribution in [0.2, 0.25) is 0 Å². The van der Waals surface area contributed by atoms with Gasteiger partial charge < -0.3 is 30.2 Å². The second-order valence-electron chi connectivity index (χ2n) is 23.4. The number of hydrogen-bond donors (Lipinski definition) is 2. The van der Waals surface area contributed by atoms with Gasteiger partial charge >= 0.3 is 0 Å². The lowest BCUT2D eigenvalue weighted by atomic mass is 10.0. The molecule has 2 aromatic carbocycles. The predicted molar refractivity (Wildman–Crippen MR) is 330 cm³/mol. The molecule has 2 amide bonds. The number of likely N-dealkylation sites (N-methyl/N-ethyl adjacent to an activating group) is 1. The molecule has 2 atom stereocenters. The molecule has 0 bridgehead atoms. The molecular formula is C65H74F2N18O2. The Morgan fingerprint density at radius 1 is 0.586 bits per heavy atom. The molecule has 0 aliphatic carbocycles. The van der Waals surface area contributed by atoms with Crippen molar-refractivity contribution >= 4 is 34.5 Å². The number of nitriles is 2. The van der Waals surface area contributed by atoms with Crippen LogP contribution in [0.5, 0.6) is 0 Å². The van der Waals surface area contributed by atoms with Gasteiger partial charge in [0, 0.05) is 94.0 Å². The number of halogens is 2. The normalized spacial score (nSPS) is 18.2. The second kappa shape index (κ2) is 27.7. The maximum atomic E-state index is 16.4. The highest BCUT2D eigenvalue weighted by molar-refractivity contribution is 5.81. The average molecular weight is 1180 g/mol. The average Bonchev–Trinajstić information content (AvgIpc) is 2.44. The highest BCUT2D eigenvalue weighted by atomic mass is 19.1. The molecule has 450 valence electrons. The summed E-state index contributed by atoms with van der Waals surface area (Å²) in [6, 6.07) is 31.4. The van der Waals surface area contributed by atoms with Crippen LogP contribution in [0.1, 0.15) is 68.9 Å². The van der Waals surface area contributed by atoms with Crippen LogP contribution in [-0.4, -0.2) is 185 Å². The largest absolute Gasteiger partial charge is 0.363 e. The smallest absolute Gasteiger partial charge is 0.236 e. The molecule has 12 rings (SSSR count). The molecule has 87 heavy (non-hydrogen) atoms. The third-order valence-corrected chi connectivity index (χ3v) is 17.1. The van der Waals surface area contributed by atoms with Crippen molar-refractivity contribution < 1.29 is 18.4 Å². The predicted octanol–water partition coefficient (Wildman–Crippen LogP) is 8.49. The number of rotatable bonds is 15. The first-order valence-corrected chi connectivity index (χ1v) is 30.2. The van der Waals surface area contributed by atoms with Crippen molar-refractivity contribution in [1.29, 1.82) is 10.5 Å². The zero-order chi connectivity index (χ0) is 60.4. The van der Waals surface area contributed by atoms with E-state index in [1.807, 2.05) is 103 Å². The van der Waals surface area contributed by atoms with E-state index in [0.29, 0.717) is 66.1 Å². The second-order valence-corrected chi connectivity index (χ2v) is 23.4. The van der Waals surface area contributed by atoms with E-state index in [0.717, 1.165) is 114 Å². The molecule has 4 aliphatic rings. The van der Waals surface area contributed by atoms with Crippen molar-refractivity contribution in [2.24, 2.45) is 0 Å². The Morgan fingerprint density at radius 3 is 1.68 bits per heavy atom. The molecular weight excluding hydrogens is 1100 g/mol. The van der Waals surface area contributed by atoms with E-state index >= 15 is 8.78 Å². The van der Waals surface area contributed by atoms with Crippen molar-refractivity contribution in [2.75, 3.05) is 97.2 Å². The Hall–Kier alpha value is -8.80. The van der Waals surface area contributed by atoms with E-state index in [1.165, 1.54) is 5.56 Å². The maximum Gasteiger partial charge on any atom is 0.236 e. The minimum absolute atomic E-state index is 0.0904. The number of carbonyl (C=O) groups is 2. The molecule has 0 spiro atoms. The van der Waals surface area contributed by atoms with Crippen molar-refractivity contribution in [3.63, 3.8) is 0 Å². The zero-order valence-electron chi connectivity index (χ0n) is 49.7. The van der Waals surface area contributed by atoms with Crippen LogP contribution < -0.4 is 10.6 Å². The first-order valence-electron chi connectivity index (χ1n) is 30.2. The lowest BCUT2D eigenvalue weighted by Gasteiger charge is -2.35. The number of carbonyl (C=O) groups excluding carboxylic acids is 2. The first kappa shape index (κ1) is 59.9. The molecule has 20 nitrogen and oxygen atoms in total. The summed E-state index contributed by atoms with van der Waals surface area (Å²) in [6.45, 7) is 9.88. The highest BCUT2D eigenvalue weighted by Crippen LogP contribution is 2.34. The van der Waals surface area contributed by atoms with Crippen LogP contribution in [0.25, 0.3) is 56.3 Å². The quantitative estimate of drug-likeness (QED) is 0.0985. The van der Waals surface area contributed by atoms with Gasteiger partial charge in [0.05, 0.1) is 46.7 Å². The van der Waals surface area contributed by atoms with Crippen LogP contribution in [-0.2, 0) is 22.7 Å². The Kier molecular flexibility index (Phi) is 19.1. The van der Waals surface area contributed by atoms with Crippen molar-refractivity contribution in [1.82, 2.24) is 68.6 Å². The van der Waals surface area contributed by atoms with Gasteiger partial charge in [-0.25, -0.2) is 37.7 Å². The Balaban J connectivity index is 0.000000180. The number of piperidine rings is 3. The molecule has 4 fully saturated rings. The van der Waals surface area contributed by atoms with Crippen molar-refractivity contribution in [3.05, 3.63) is 132 Å². The third-order valence-electron chi connectivity index (χ3n) is 17.1. The number of likely N-dealkylation sites (tertiary alicyclic amines) is 3. The summed E-state index contributed by atoms with van der Waals surface area (Å²) in [5, 5.41) is 33.4. The van der Waals surface area contributed by atoms with E-state index < -0.39 is 11.6 Å². The Labute approximate surface area is 506 Å². The summed E-state index contributed by atoms with van der Waals surface area (Å²) >= 11 is 0. The lowest BCUT2D eigenvalue weighted by Crippen LogP contribution is -2.45. The van der Waals surface area contributed by atoms with Crippen LogP contribution in [0.15, 0.2) is 110 Å². The summed E-state index contributed by atoms with van der Waals surface area (Å²) in [6.07, 6.45) is 13.2. The maximum absolute atomic E-state index is 16.4. The molecule has 0 saturated carbocycles. The Morgan fingerprint density at radius 2 is 1.13 bits per heavy atom. The standard InChI is InChI=1S/C33H38FN9O.C32H36FN9O/c1-40(2)26-12-17-41(18-13-26)21-23-7-5-8-24(19-23)31-30(34)33(37-25-9-6-15-42(22-25)29(44)11-14-35)39-32(38-31)27-20-36-43-16-4-3-10-28(27)43;1-39-14-5-15-40(19-18-39)21-23-8-10-24(11-9-23)30-29(33)32(36-25-6-4-16-41(22-25)28(43)12-13-34)38-31(37-30)26-20-35-42-17-3-2-7-27(26)42/h3-5,7-8,10,16,19-20,25-26H,6,9,11-13,15,17-18,21-22H2,1-2H3,(H,37,38,39);2-3,7-11,17,20,25H,4-6,12,14-16,18-19,21-22H2,1H3,(H,36,37,38)/t2*25-/m11/s1. The summed E-state index contributed by atoms with van der Waals surface area (Å²) in [5.74, 6) is -0.572. The molecule has 10 heterocycles. The van der Waals surface area contributed by atoms with Gasteiger partial charge in [-0.15, -0.1) is 0 Å². The van der Waals surface area contributed by atoms with Crippen LogP contribution >= 0.6 is 0 Å². The van der Waals surface area contributed by atoms with Gasteiger partial charge in [0.15, 0.2) is 34.9 Å². The van der Waals surface area contributed by atoms with Gasteiger partial charge in [0.2, 0.25) is 11.8 Å². The zero-order valence-corrected chi connectivity index (χ0v) is 49.7. The van der Waals surface area contributed by atoms with Crippen molar-refractivity contribution in [2.45, 2.75) is 89.0 Å². The molecule has 0 unspecified atom stereocenters. The number of anilines is 2. The topological polar surface area (TPSA) is 211 Å². The van der Waals surface area contributed by atoms with Crippen LogP contribution in [0.3, 0.4) is 0 Å². The fourth-order valence-corrected chi connectivity index (χ4v) is 12.3. The molecule has 22 heteroatoms. The number of nitrogens with one attached hydrogen (secondary N) is 2. The molecule has 2 N–H and O–H groups in total. The van der Waals surface area contributed by atoms with Crippen LogP contribution in [0, 0.1) is 34.3 Å². The fourth-order valence-electron chi connectivity index (χ4n) is 12.3. The number of nitrogens with zero attached hydrogens (tertiary/aromatic N) is 16. The van der Waals surface area contributed by atoms with E-state index in [2.05, 4.69) is 77.6 Å². The van der Waals surface area contributed by atoms with Gasteiger partial charge in [-0.05, 0) is 134 Å². The summed E-state index contributed by atoms with van der Waals surface area (Å²) in [4.78, 5) is 56.5. The first-order chi connectivity index (χ1) is 42.4. The molecule has 0 radical (unpaired) electrons. The molecule has 8 aromatic rings. The lowest BCUT2D eigenvalue weighted by molar-refractivity contribution is -0.131. The summed E-state index contributed by atoms with van der Waals surface area (Å²) < 4.78 is 36.1. The van der Waals surface area contributed by atoms with E-state index in [-0.39, 0.29) is 59.8 Å². The van der Waals surface area contributed by atoms with Crippen LogP contribution in [0.4, 0.5) is 20.4 Å². The van der Waals surface area contributed by atoms with E-state index in [4.69, 9.17) is 20.5 Å². The van der Waals surface area contributed by atoms with Gasteiger partial charge in [0.1, 0.15) is 24.2 Å². The molecule has 6 aromatic heterocycles. The molecule has 4 aliphatic heterocycles. The Bertz CT molecular complexity index is 3790. The number of pyridine rings is 2. The van der Waals surface area contributed by atoms with E-state index in [9.17, 15) is 9.59 Å². The van der Waals surface area contributed by atoms with Gasteiger partial charge in [0.25, 0.3) is 0 Å². The van der Waals surface area contributed by atoms with Gasteiger partial charge in [-0.3, -0.25) is 19.4 Å². The number of amides is 2. The van der Waals surface area contributed by atoms with Gasteiger partial charge in [-0.1, -0.05) is 54.6 Å². The SMILES string of the molecule is CN(C)C1CCN(Cc2cccc(-c3nc(-c4cnn5ccccc45)nc(N[C@@H]4CCCN(C(=O)CC#N)C4)c3F)c2)CC1.CN1CCCN(Cc2ccc(-c3nc(-c4cnn5ccccc45)nc(N[C@@H]4CCCN(C(=O)CC#N)C4)c3F)cc2)CC1. The minimum atomic E-state index is -0.538. The third kappa shape index (κ3) is 14.4. The summed E-state index contributed by atoms with van der Waals surface area (Å²) in [7, 11) is 6.45. The van der Waals surface area contributed by atoms with Crippen molar-refractivity contribution in [3.8, 4) is 57.4 Å². The number of fused-ring (bicyclic) bond motifs is 2. The number of aromatic nitrogens is 8. The summed E-state index contributed by atoms with van der Waals surface area (Å²) in [5.41, 5.74) is 7.07. The number of benzene rings is 2. The monoisotopic (exact) mass is 1180 g/mol. The van der Waals surface area contributed by atoms with E-state index in [1.54, 1.807) is 31.2 Å².